The van der Waals surface area contributed by atoms with Crippen LogP contribution in [0, 0.1) is 19.3 Å². The van der Waals surface area contributed by atoms with Crippen LogP contribution in [0.25, 0.3) is 0 Å². The van der Waals surface area contributed by atoms with Crippen molar-refractivity contribution in [3.05, 3.63) is 32.6 Å². The van der Waals surface area contributed by atoms with Crippen molar-refractivity contribution in [2.24, 2.45) is 0 Å². The van der Waals surface area contributed by atoms with Crippen molar-refractivity contribution in [1.82, 2.24) is 9.55 Å². The Hall–Kier alpha value is -1.47. The van der Waals surface area contributed by atoms with E-state index in [1.165, 1.54) is 6.92 Å². The lowest BCUT2D eigenvalue weighted by Crippen LogP contribution is -2.49. The van der Waals surface area contributed by atoms with Crippen molar-refractivity contribution in [1.29, 1.82) is 0 Å². The number of aryl methyl sites for hydroxylation is 1. The Morgan fingerprint density at radius 3 is 2.27 bits per heavy atom. The Morgan fingerprint density at radius 1 is 1.21 bits per heavy atom. The van der Waals surface area contributed by atoms with Gasteiger partial charge in [0.2, 0.25) is 0 Å². The lowest BCUT2D eigenvalue weighted by atomic mass is 9.93. The number of phosphoric ester groups is 1. The second-order valence-electron chi connectivity index (χ2n) is 6.72. The highest BCUT2D eigenvalue weighted by Gasteiger charge is 2.58. The molecule has 0 aliphatic carbocycles. The molecule has 0 saturated carbocycles. The molecule has 33 heavy (non-hydrogen) atoms. The maximum Gasteiger partial charge on any atom is 0.490 e. The molecule has 1 aliphatic rings. The van der Waals surface area contributed by atoms with Gasteiger partial charge in [0.05, 0.1) is 6.10 Å². The number of hydrogen-bond donors (Lipinski definition) is 7. The third kappa shape index (κ3) is 6.36. The first kappa shape index (κ1) is 27.8. The average molecular weight is 536 g/mol. The van der Waals surface area contributed by atoms with Crippen LogP contribution >= 0.6 is 23.5 Å². The van der Waals surface area contributed by atoms with Crippen LogP contribution in [-0.4, -0.2) is 63.3 Å². The number of ether oxygens (including phenoxy) is 1. The van der Waals surface area contributed by atoms with Gasteiger partial charge in [-0.25, -0.2) is 18.5 Å². The summed E-state index contributed by atoms with van der Waals surface area (Å²) in [4.78, 5) is 61.5. The minimum absolute atomic E-state index is 0.0455. The zero-order chi connectivity index (χ0) is 25.6. The Balaban J connectivity index is 2.33. The van der Waals surface area contributed by atoms with Crippen molar-refractivity contribution < 1.29 is 61.4 Å². The summed E-state index contributed by atoms with van der Waals surface area (Å²) < 4.78 is 52.0. The molecule has 1 fully saturated rings. The number of aromatic amines is 1. The third-order valence-corrected chi connectivity index (χ3v) is 8.16. The maximum absolute atomic E-state index is 12.2. The van der Waals surface area contributed by atoms with Gasteiger partial charge in [0.25, 0.3) is 5.56 Å². The predicted octanol–water partition coefficient (Wildman–Crippen LogP) is -1.80. The molecule has 0 radical (unpaired) electrons. The predicted molar refractivity (Wildman–Crippen MR) is 104 cm³/mol. The molecule has 1 aromatic heterocycles. The van der Waals surface area contributed by atoms with E-state index in [9.17, 15) is 43.3 Å². The molecule has 1 aliphatic heterocycles. The second kappa shape index (κ2) is 9.29. The monoisotopic (exact) mass is 536 g/mol. The van der Waals surface area contributed by atoms with Gasteiger partial charge < -0.3 is 34.5 Å². The second-order valence-corrected chi connectivity index (χ2v) is 11.1. The van der Waals surface area contributed by atoms with Gasteiger partial charge in [-0.2, -0.15) is 8.62 Å². The largest absolute Gasteiger partial charge is 0.490 e. The van der Waals surface area contributed by atoms with Crippen molar-refractivity contribution in [2.75, 3.05) is 0 Å². The van der Waals surface area contributed by atoms with Crippen molar-refractivity contribution in [3.63, 3.8) is 0 Å². The van der Waals surface area contributed by atoms with Crippen LogP contribution in [0.5, 0.6) is 0 Å². The Kier molecular flexibility index (Phi) is 7.82. The van der Waals surface area contributed by atoms with E-state index in [1.807, 2.05) is 10.9 Å². The zero-order valence-electron chi connectivity index (χ0n) is 16.6. The van der Waals surface area contributed by atoms with E-state index in [0.717, 1.165) is 13.0 Å². The van der Waals surface area contributed by atoms with Gasteiger partial charge in [-0.3, -0.25) is 18.9 Å². The molecule has 2 heterocycles. The van der Waals surface area contributed by atoms with Gasteiger partial charge >= 0.3 is 29.2 Å². The molecule has 3 unspecified atom stereocenters. The van der Waals surface area contributed by atoms with E-state index in [-0.39, 0.29) is 5.69 Å². The quantitative estimate of drug-likeness (QED) is 0.143. The number of phosphoric acid groups is 3. The molecule has 7 atom stereocenters. The van der Waals surface area contributed by atoms with Gasteiger partial charge in [0, 0.05) is 11.8 Å². The first-order valence-corrected chi connectivity index (χ1v) is 13.0. The Bertz CT molecular complexity index is 1210. The fourth-order valence-electron chi connectivity index (χ4n) is 2.99. The highest BCUT2D eigenvalue weighted by molar-refractivity contribution is 7.66. The van der Waals surface area contributed by atoms with Crippen LogP contribution in [0.1, 0.15) is 18.8 Å². The average Bonchev–Trinajstić information content (AvgIpc) is 2.83. The summed E-state index contributed by atoms with van der Waals surface area (Å²) in [5.74, 6) is 1.84. The van der Waals surface area contributed by atoms with Gasteiger partial charge in [-0.15, -0.1) is 6.42 Å². The first-order valence-electron chi connectivity index (χ1n) is 8.50. The molecule has 1 aromatic rings. The summed E-state index contributed by atoms with van der Waals surface area (Å²) in [5, 5.41) is 21.3. The van der Waals surface area contributed by atoms with E-state index in [1.54, 1.807) is 0 Å². The molecule has 2 rings (SSSR count). The highest BCUT2D eigenvalue weighted by atomic mass is 31.3. The standard InChI is InChI=1S/C13H19N2O15P3/c1-4-13(19)10(17)9(27-11(13)15-6(2)5-8(16)14-12(15)18)7(3)28-32(23,24)30-33(25,26)29-31(20,21)22/h1,5,7,9-11,17,19H,2-3H3,(H,23,24)(H,25,26)(H,14,16,18)(H2,20,21,22)/t7-,9-,10+,11-,13?/m1/s1. The van der Waals surface area contributed by atoms with E-state index < -0.39 is 64.9 Å². The minimum atomic E-state index is -5.81. The van der Waals surface area contributed by atoms with Crippen molar-refractivity contribution in [2.45, 2.75) is 44.0 Å². The third-order valence-electron chi connectivity index (χ3n) is 4.24. The van der Waals surface area contributed by atoms with E-state index in [4.69, 9.17) is 20.9 Å². The summed E-state index contributed by atoms with van der Waals surface area (Å²) in [6.45, 7) is 2.25. The Morgan fingerprint density at radius 2 is 1.79 bits per heavy atom. The number of aliphatic hydroxyl groups is 2. The molecule has 0 aromatic carbocycles. The SMILES string of the molecule is C#CC1(O)[C@@H](O)[C@@H]([C@@H](C)OP(=O)(O)OP(=O)(O)OP(=O)(O)O)O[C@H]1n1c(C)cc(=O)[nH]c1=O. The smallest absolute Gasteiger partial charge is 0.386 e. The summed E-state index contributed by atoms with van der Waals surface area (Å²) in [6.07, 6.45) is -2.18. The number of nitrogens with one attached hydrogen (secondary N) is 1. The van der Waals surface area contributed by atoms with E-state index in [0.29, 0.717) is 4.57 Å². The normalized spacial score (nSPS) is 30.2. The number of terminal acetylenes is 1. The molecule has 186 valence electrons. The molecular formula is C13H19N2O15P3. The number of nitrogens with zero attached hydrogens (tertiary/aromatic N) is 1. The summed E-state index contributed by atoms with van der Waals surface area (Å²) in [6, 6.07) is 0.955. The zero-order valence-corrected chi connectivity index (χ0v) is 19.3. The van der Waals surface area contributed by atoms with Gasteiger partial charge in [0.15, 0.2) is 11.8 Å². The fourth-order valence-corrected chi connectivity index (χ4v) is 6.19. The van der Waals surface area contributed by atoms with Crippen LogP contribution in [0.4, 0.5) is 0 Å². The molecule has 0 bridgehead atoms. The van der Waals surface area contributed by atoms with Crippen LogP contribution in [0.3, 0.4) is 0 Å². The number of aromatic nitrogens is 2. The van der Waals surface area contributed by atoms with Crippen LogP contribution < -0.4 is 11.2 Å². The summed E-state index contributed by atoms with van der Waals surface area (Å²) in [7, 11) is -17.1. The molecule has 1 saturated heterocycles. The minimum Gasteiger partial charge on any atom is -0.386 e. The number of aliphatic hydroxyl groups excluding tert-OH is 1. The van der Waals surface area contributed by atoms with E-state index >= 15 is 0 Å². The molecule has 20 heteroatoms. The first-order chi connectivity index (χ1) is 14.8. The highest BCUT2D eigenvalue weighted by Crippen LogP contribution is 2.66. The lowest BCUT2D eigenvalue weighted by molar-refractivity contribution is -0.0877. The van der Waals surface area contributed by atoms with Gasteiger partial charge in [-0.05, 0) is 13.8 Å². The van der Waals surface area contributed by atoms with Crippen LogP contribution in [0.2, 0.25) is 0 Å². The number of H-pyrrole nitrogens is 1. The molecular weight excluding hydrogens is 517 g/mol. The topological polar surface area (TPSA) is 264 Å². The van der Waals surface area contributed by atoms with Gasteiger partial charge in [0.1, 0.15) is 12.2 Å². The van der Waals surface area contributed by atoms with Gasteiger partial charge in [-0.1, -0.05) is 5.92 Å². The lowest BCUT2D eigenvalue weighted by Gasteiger charge is -2.27. The van der Waals surface area contributed by atoms with E-state index in [2.05, 4.69) is 13.1 Å². The van der Waals surface area contributed by atoms with Crippen molar-refractivity contribution in [3.8, 4) is 12.3 Å². The molecule has 7 N–H and O–H groups in total. The van der Waals surface area contributed by atoms with Crippen molar-refractivity contribution >= 4 is 23.5 Å². The van der Waals surface area contributed by atoms with Crippen LogP contribution in [0.15, 0.2) is 15.7 Å². The molecule has 0 amide bonds. The Labute approximate surface area is 184 Å². The van der Waals surface area contributed by atoms with Crippen LogP contribution in [-0.2, 0) is 31.6 Å². The number of hydrogen-bond acceptors (Lipinski definition) is 11. The molecule has 0 spiro atoms. The fraction of sp³-hybridized carbons (Fsp3) is 0.538. The maximum atomic E-state index is 12.2. The summed E-state index contributed by atoms with van der Waals surface area (Å²) >= 11 is 0. The number of rotatable bonds is 8. The molecule has 17 nitrogen and oxygen atoms in total. The summed E-state index contributed by atoms with van der Waals surface area (Å²) in [5.41, 5.74) is -4.54.